The van der Waals surface area contributed by atoms with Crippen molar-refractivity contribution < 1.29 is 33.7 Å². The number of nitrogens with zero attached hydrogens (tertiary/aromatic N) is 1. The molecule has 3 heterocycles. The van der Waals surface area contributed by atoms with Crippen LogP contribution in [0.15, 0.2) is 36.6 Å². The molecule has 0 unspecified atom stereocenters. The summed E-state index contributed by atoms with van der Waals surface area (Å²) in [5, 5.41) is 9.46. The number of amides is 1. The molecule has 0 aromatic heterocycles. The zero-order valence-corrected chi connectivity index (χ0v) is 16.5. The van der Waals surface area contributed by atoms with Crippen molar-refractivity contribution in [2.24, 2.45) is 17.8 Å². The third-order valence-electron chi connectivity index (χ3n) is 5.78. The Hall–Kier alpha value is -2.45. The van der Waals surface area contributed by atoms with Gasteiger partial charge < -0.3 is 19.3 Å². The average molecular weight is 405 g/mol. The quantitative estimate of drug-likeness (QED) is 0.346. The predicted octanol–water partition coefficient (Wildman–Crippen LogP) is 0.963. The first-order chi connectivity index (χ1) is 14.0. The highest BCUT2D eigenvalue weighted by molar-refractivity contribution is 6.02. The van der Waals surface area contributed by atoms with Gasteiger partial charge in [-0.1, -0.05) is 32.2 Å². The van der Waals surface area contributed by atoms with E-state index in [0.717, 1.165) is 0 Å². The SMILES string of the molecule is C=CCOC(=O)C1=C2[C@H](CCO)CCO[C@@H]2[C@@H]2[C@H]([C@@H](C)C(=O)OCC=C)C(=O)N12. The summed E-state index contributed by atoms with van der Waals surface area (Å²) in [5.74, 6) is -2.85. The number of ether oxygens (including phenoxy) is 3. The summed E-state index contributed by atoms with van der Waals surface area (Å²) in [7, 11) is 0. The first-order valence-electron chi connectivity index (χ1n) is 9.83. The van der Waals surface area contributed by atoms with Crippen LogP contribution in [0.2, 0.25) is 0 Å². The number of aliphatic hydroxyl groups is 1. The molecule has 2 saturated heterocycles. The van der Waals surface area contributed by atoms with E-state index < -0.39 is 35.9 Å². The van der Waals surface area contributed by atoms with Crippen molar-refractivity contribution in [3.63, 3.8) is 0 Å². The molecule has 0 spiro atoms. The molecule has 0 saturated carbocycles. The summed E-state index contributed by atoms with van der Waals surface area (Å²) in [4.78, 5) is 39.5. The summed E-state index contributed by atoms with van der Waals surface area (Å²) < 4.78 is 16.3. The molecule has 0 aromatic carbocycles. The van der Waals surface area contributed by atoms with Crippen LogP contribution in [-0.4, -0.2) is 66.4 Å². The third-order valence-corrected chi connectivity index (χ3v) is 5.78. The maximum atomic E-state index is 13.0. The monoisotopic (exact) mass is 405 g/mol. The number of β-lactam (4-membered cyclic amide) rings is 1. The van der Waals surface area contributed by atoms with E-state index in [9.17, 15) is 19.5 Å². The van der Waals surface area contributed by atoms with E-state index in [0.29, 0.717) is 25.0 Å². The summed E-state index contributed by atoms with van der Waals surface area (Å²) in [5.41, 5.74) is 0.875. The minimum Gasteiger partial charge on any atom is -0.461 e. The van der Waals surface area contributed by atoms with Gasteiger partial charge in [0, 0.05) is 13.2 Å². The van der Waals surface area contributed by atoms with E-state index in [1.54, 1.807) is 6.92 Å². The summed E-state index contributed by atoms with van der Waals surface area (Å²) in [6.45, 7) is 9.20. The van der Waals surface area contributed by atoms with Gasteiger partial charge in [0.15, 0.2) is 0 Å². The van der Waals surface area contributed by atoms with Crippen LogP contribution in [0.1, 0.15) is 19.8 Å². The molecule has 0 bridgehead atoms. The molecule has 5 atom stereocenters. The van der Waals surface area contributed by atoms with Crippen LogP contribution in [0, 0.1) is 17.8 Å². The Morgan fingerprint density at radius 1 is 1.31 bits per heavy atom. The van der Waals surface area contributed by atoms with E-state index in [4.69, 9.17) is 14.2 Å². The van der Waals surface area contributed by atoms with Gasteiger partial charge in [0.05, 0.1) is 17.9 Å². The molecule has 1 N–H and O–H groups in total. The van der Waals surface area contributed by atoms with Crippen LogP contribution in [0.5, 0.6) is 0 Å². The number of hydrogen-bond donors (Lipinski definition) is 1. The van der Waals surface area contributed by atoms with Gasteiger partial charge in [-0.3, -0.25) is 14.5 Å². The van der Waals surface area contributed by atoms with Crippen molar-refractivity contribution in [2.75, 3.05) is 26.4 Å². The highest BCUT2D eigenvalue weighted by Gasteiger charge is 2.64. The lowest BCUT2D eigenvalue weighted by Crippen LogP contribution is -2.65. The van der Waals surface area contributed by atoms with Crippen molar-refractivity contribution in [1.82, 2.24) is 4.90 Å². The second-order valence-corrected chi connectivity index (χ2v) is 7.41. The van der Waals surface area contributed by atoms with E-state index in [-0.39, 0.29) is 37.3 Å². The van der Waals surface area contributed by atoms with E-state index in [1.165, 1.54) is 17.1 Å². The largest absolute Gasteiger partial charge is 0.461 e. The van der Waals surface area contributed by atoms with E-state index >= 15 is 0 Å². The van der Waals surface area contributed by atoms with E-state index in [1.807, 2.05) is 0 Å². The zero-order chi connectivity index (χ0) is 21.1. The van der Waals surface area contributed by atoms with E-state index in [2.05, 4.69) is 13.2 Å². The number of carbonyl (C=O) groups is 3. The van der Waals surface area contributed by atoms with Crippen LogP contribution in [-0.2, 0) is 28.6 Å². The molecule has 158 valence electrons. The Morgan fingerprint density at radius 2 is 2.00 bits per heavy atom. The summed E-state index contributed by atoms with van der Waals surface area (Å²) >= 11 is 0. The molecular weight excluding hydrogens is 378 g/mol. The van der Waals surface area contributed by atoms with Crippen LogP contribution in [0.25, 0.3) is 0 Å². The average Bonchev–Trinajstić information content (AvgIpc) is 3.02. The smallest absolute Gasteiger partial charge is 0.355 e. The topological polar surface area (TPSA) is 102 Å². The van der Waals surface area contributed by atoms with Gasteiger partial charge in [-0.05, 0) is 24.3 Å². The minimum absolute atomic E-state index is 0.0201. The number of fused-ring (bicyclic) bond motifs is 3. The molecule has 3 aliphatic heterocycles. The van der Waals surface area contributed by atoms with Crippen LogP contribution in [0.4, 0.5) is 0 Å². The first kappa shape index (κ1) is 21.3. The van der Waals surface area contributed by atoms with Crippen molar-refractivity contribution in [2.45, 2.75) is 31.9 Å². The second-order valence-electron chi connectivity index (χ2n) is 7.41. The Morgan fingerprint density at radius 3 is 2.66 bits per heavy atom. The minimum atomic E-state index is -0.685. The fourth-order valence-electron chi connectivity index (χ4n) is 4.48. The van der Waals surface area contributed by atoms with Gasteiger partial charge in [-0.2, -0.15) is 0 Å². The summed E-state index contributed by atoms with van der Waals surface area (Å²) in [6.07, 6.45) is 3.52. The molecule has 3 aliphatic rings. The Balaban J connectivity index is 1.91. The predicted molar refractivity (Wildman–Crippen MR) is 102 cm³/mol. The molecule has 2 fully saturated rings. The van der Waals surface area contributed by atoms with Gasteiger partial charge in [0.25, 0.3) is 0 Å². The highest BCUT2D eigenvalue weighted by atomic mass is 16.5. The van der Waals surface area contributed by atoms with Crippen molar-refractivity contribution >= 4 is 17.8 Å². The van der Waals surface area contributed by atoms with Crippen molar-refractivity contribution in [3.8, 4) is 0 Å². The van der Waals surface area contributed by atoms with Crippen molar-refractivity contribution in [1.29, 1.82) is 0 Å². The molecule has 3 rings (SSSR count). The molecule has 8 heteroatoms. The number of hydrogen-bond acceptors (Lipinski definition) is 7. The highest BCUT2D eigenvalue weighted by Crippen LogP contribution is 2.51. The third kappa shape index (κ3) is 3.62. The molecule has 8 nitrogen and oxygen atoms in total. The zero-order valence-electron chi connectivity index (χ0n) is 16.5. The second kappa shape index (κ2) is 8.92. The lowest BCUT2D eigenvalue weighted by atomic mass is 9.74. The molecule has 0 aliphatic carbocycles. The number of aliphatic hydroxyl groups excluding tert-OH is 1. The lowest BCUT2D eigenvalue weighted by Gasteiger charge is -2.47. The molecule has 1 amide bonds. The standard InChI is InChI=1S/C21H27NO7/c1-4-9-28-20(25)12(3)14-16-18-15(13(6-8-23)7-11-27-18)17(22(16)19(14)24)21(26)29-10-5-2/h4-5,12-14,16,18,23H,1-2,6-11H2,3H3/t12-,13-,14+,16+,18+/m1/s1. The summed E-state index contributed by atoms with van der Waals surface area (Å²) in [6, 6.07) is -0.462. The molecule has 0 radical (unpaired) electrons. The van der Waals surface area contributed by atoms with Gasteiger partial charge in [0.1, 0.15) is 25.0 Å². The Kier molecular flexibility index (Phi) is 6.54. The fourth-order valence-corrected chi connectivity index (χ4v) is 4.48. The molecule has 0 aromatic rings. The van der Waals surface area contributed by atoms with Crippen LogP contribution in [0.3, 0.4) is 0 Å². The lowest BCUT2D eigenvalue weighted by molar-refractivity contribution is -0.173. The number of rotatable bonds is 9. The van der Waals surface area contributed by atoms with Gasteiger partial charge >= 0.3 is 11.9 Å². The Bertz CT molecular complexity index is 741. The Labute approximate surface area is 169 Å². The number of carbonyl (C=O) groups excluding carboxylic acids is 3. The molecule has 29 heavy (non-hydrogen) atoms. The van der Waals surface area contributed by atoms with Crippen LogP contribution < -0.4 is 0 Å². The van der Waals surface area contributed by atoms with Gasteiger partial charge in [-0.25, -0.2) is 4.79 Å². The first-order valence-corrected chi connectivity index (χ1v) is 9.83. The van der Waals surface area contributed by atoms with Crippen LogP contribution >= 0.6 is 0 Å². The van der Waals surface area contributed by atoms with Gasteiger partial charge in [-0.15, -0.1) is 0 Å². The molecular formula is C21H27NO7. The van der Waals surface area contributed by atoms with Gasteiger partial charge in [0.2, 0.25) is 5.91 Å². The maximum Gasteiger partial charge on any atom is 0.355 e. The maximum absolute atomic E-state index is 13.0. The fraction of sp³-hybridized carbons (Fsp3) is 0.571. The van der Waals surface area contributed by atoms with Crippen molar-refractivity contribution in [3.05, 3.63) is 36.6 Å². The normalized spacial score (nSPS) is 28.8. The number of esters is 2.